The monoisotopic (exact) mass is 508 g/mol. The van der Waals surface area contributed by atoms with Crippen LogP contribution in [-0.4, -0.2) is 57.1 Å². The predicted molar refractivity (Wildman–Crippen MR) is 116 cm³/mol. The standard InChI is InChI=1S/C18H18F6N4O2S.C3H4/c19-17(20,21)16(29,18(22,23)24)12-1-3-13(4-2-12)27-7-9-28(10-8-27)31(30)14-5-6-15(25)26-11-14;1-3-2/h1-6,11,29H,7-10H2,(H2,25,26);1H,2H3. The van der Waals surface area contributed by atoms with Crippen molar-refractivity contribution < 1.29 is 35.7 Å². The molecule has 1 saturated heterocycles. The van der Waals surface area contributed by atoms with Crippen molar-refractivity contribution in [2.24, 2.45) is 0 Å². The van der Waals surface area contributed by atoms with Crippen LogP contribution in [0.15, 0.2) is 47.5 Å². The lowest BCUT2D eigenvalue weighted by atomic mass is 9.92. The summed E-state index contributed by atoms with van der Waals surface area (Å²) in [6.07, 6.45) is -5.86. The number of piperazine rings is 1. The van der Waals surface area contributed by atoms with E-state index < -0.39 is 34.5 Å². The smallest absolute Gasteiger partial charge is 0.384 e. The zero-order valence-corrected chi connectivity index (χ0v) is 18.7. The average molecular weight is 508 g/mol. The molecular weight excluding hydrogens is 486 g/mol. The lowest BCUT2D eigenvalue weighted by Gasteiger charge is -2.36. The lowest BCUT2D eigenvalue weighted by Crippen LogP contribution is -2.53. The van der Waals surface area contributed by atoms with Crippen molar-refractivity contribution in [3.8, 4) is 12.3 Å². The van der Waals surface area contributed by atoms with Gasteiger partial charge in [-0.1, -0.05) is 12.1 Å². The maximum Gasteiger partial charge on any atom is 0.430 e. The van der Waals surface area contributed by atoms with Crippen molar-refractivity contribution in [3.05, 3.63) is 48.2 Å². The molecular formula is C21H22F6N4O2S. The number of benzene rings is 1. The second-order valence-electron chi connectivity index (χ2n) is 7.13. The predicted octanol–water partition coefficient (Wildman–Crippen LogP) is 3.46. The first-order valence-corrected chi connectivity index (χ1v) is 10.8. The summed E-state index contributed by atoms with van der Waals surface area (Å²) in [4.78, 5) is 6.09. The van der Waals surface area contributed by atoms with E-state index in [1.54, 1.807) is 22.2 Å². The summed E-state index contributed by atoms with van der Waals surface area (Å²) in [5.74, 6) is 2.54. The molecule has 1 aromatic heterocycles. The van der Waals surface area contributed by atoms with Gasteiger partial charge in [0.05, 0.1) is 4.90 Å². The van der Waals surface area contributed by atoms with E-state index in [9.17, 15) is 35.7 Å². The SMILES string of the molecule is C#CC.Nc1ccc(S(=O)N2CCN(c3ccc(C(O)(C(F)(F)F)C(F)(F)F)cc3)CC2)cn1. The van der Waals surface area contributed by atoms with Crippen LogP contribution < -0.4 is 10.6 Å². The van der Waals surface area contributed by atoms with Crippen LogP contribution >= 0.6 is 0 Å². The molecule has 1 aliphatic rings. The fourth-order valence-electron chi connectivity index (χ4n) is 3.16. The fourth-order valence-corrected chi connectivity index (χ4v) is 4.28. The summed E-state index contributed by atoms with van der Waals surface area (Å²) < 4.78 is 92.2. The first-order chi connectivity index (χ1) is 15.8. The van der Waals surface area contributed by atoms with E-state index in [0.29, 0.717) is 48.9 Å². The summed E-state index contributed by atoms with van der Waals surface area (Å²) in [5.41, 5.74) is -0.384. The highest BCUT2D eigenvalue weighted by Gasteiger charge is 2.71. The molecule has 3 N–H and O–H groups in total. The van der Waals surface area contributed by atoms with Crippen molar-refractivity contribution >= 4 is 22.5 Å². The van der Waals surface area contributed by atoms with Crippen molar-refractivity contribution in [3.63, 3.8) is 0 Å². The summed E-state index contributed by atoms with van der Waals surface area (Å²) in [5, 5.41) is 9.46. The molecule has 0 saturated carbocycles. The van der Waals surface area contributed by atoms with Crippen LogP contribution in [-0.2, 0) is 16.6 Å². The van der Waals surface area contributed by atoms with Crippen LogP contribution in [0.4, 0.5) is 37.8 Å². The molecule has 13 heteroatoms. The molecule has 1 unspecified atom stereocenters. The highest BCUT2D eigenvalue weighted by Crippen LogP contribution is 2.50. The van der Waals surface area contributed by atoms with Gasteiger partial charge in [0.15, 0.2) is 0 Å². The van der Waals surface area contributed by atoms with Crippen LogP contribution in [0.5, 0.6) is 0 Å². The van der Waals surface area contributed by atoms with E-state index in [-0.39, 0.29) is 5.82 Å². The van der Waals surface area contributed by atoms with Gasteiger partial charge in [0, 0.05) is 43.6 Å². The maximum atomic E-state index is 13.0. The first-order valence-electron chi connectivity index (χ1n) is 9.73. The zero-order chi connectivity index (χ0) is 25.7. The van der Waals surface area contributed by atoms with E-state index in [1.165, 1.54) is 12.3 Å². The number of pyridine rings is 1. The second kappa shape index (κ2) is 10.6. The number of nitrogen functional groups attached to an aromatic ring is 1. The highest BCUT2D eigenvalue weighted by atomic mass is 32.2. The van der Waals surface area contributed by atoms with Crippen LogP contribution in [0.2, 0.25) is 0 Å². The molecule has 0 spiro atoms. The number of hydrogen-bond donors (Lipinski definition) is 2. The Hall–Kier alpha value is -2.82. The van der Waals surface area contributed by atoms with Crippen LogP contribution in [0.3, 0.4) is 0 Å². The summed E-state index contributed by atoms with van der Waals surface area (Å²) in [7, 11) is -1.48. The minimum atomic E-state index is -5.93. The molecule has 1 atom stereocenters. The number of aromatic nitrogens is 1. The Balaban J connectivity index is 0.00000129. The third kappa shape index (κ3) is 5.81. The van der Waals surface area contributed by atoms with Gasteiger partial charge in [-0.15, -0.1) is 12.3 Å². The number of hydrogen-bond acceptors (Lipinski definition) is 5. The molecule has 0 aliphatic carbocycles. The summed E-state index contributed by atoms with van der Waals surface area (Å²) in [6, 6.07) is 6.52. The second-order valence-corrected chi connectivity index (χ2v) is 8.61. The number of rotatable bonds is 4. The number of nitrogens with zero attached hydrogens (tertiary/aromatic N) is 3. The van der Waals surface area contributed by atoms with Gasteiger partial charge < -0.3 is 15.7 Å². The molecule has 1 fully saturated rings. The highest BCUT2D eigenvalue weighted by molar-refractivity contribution is 7.82. The molecule has 0 bridgehead atoms. The fraction of sp³-hybridized carbons (Fsp3) is 0.381. The minimum absolute atomic E-state index is 0.289. The third-order valence-corrected chi connectivity index (χ3v) is 6.38. The maximum absolute atomic E-state index is 13.0. The van der Waals surface area contributed by atoms with E-state index >= 15 is 0 Å². The Bertz CT molecular complexity index is 998. The number of nitrogens with two attached hydrogens (primary N) is 1. The van der Waals surface area contributed by atoms with Crippen LogP contribution in [0, 0.1) is 12.3 Å². The lowest BCUT2D eigenvalue weighted by molar-refractivity contribution is -0.376. The molecule has 0 amide bonds. The van der Waals surface area contributed by atoms with Gasteiger partial charge in [0.2, 0.25) is 0 Å². The largest absolute Gasteiger partial charge is 0.430 e. The minimum Gasteiger partial charge on any atom is -0.384 e. The van der Waals surface area contributed by atoms with E-state index in [1.807, 2.05) is 0 Å². The molecule has 6 nitrogen and oxygen atoms in total. The van der Waals surface area contributed by atoms with Crippen LogP contribution in [0.25, 0.3) is 0 Å². The van der Waals surface area contributed by atoms with Gasteiger partial charge in [-0.2, -0.15) is 26.3 Å². The number of halogens is 6. The van der Waals surface area contributed by atoms with Crippen molar-refractivity contribution in [2.45, 2.75) is 29.8 Å². The van der Waals surface area contributed by atoms with E-state index in [4.69, 9.17) is 5.73 Å². The van der Waals surface area contributed by atoms with Crippen molar-refractivity contribution in [1.82, 2.24) is 9.29 Å². The Labute approximate surface area is 195 Å². The molecule has 34 heavy (non-hydrogen) atoms. The molecule has 3 rings (SSSR count). The van der Waals surface area contributed by atoms with E-state index in [2.05, 4.69) is 17.3 Å². The summed E-state index contributed by atoms with van der Waals surface area (Å²) in [6.45, 7) is 3.02. The Morgan fingerprint density at radius 2 is 1.50 bits per heavy atom. The van der Waals surface area contributed by atoms with Gasteiger partial charge in [-0.05, 0) is 31.2 Å². The number of terminal acetylenes is 1. The Morgan fingerprint density at radius 1 is 1.00 bits per heavy atom. The molecule has 186 valence electrons. The molecule has 2 heterocycles. The zero-order valence-electron chi connectivity index (χ0n) is 17.9. The Morgan fingerprint density at radius 3 is 1.91 bits per heavy atom. The van der Waals surface area contributed by atoms with Gasteiger partial charge in [0.25, 0.3) is 5.60 Å². The topological polar surface area (TPSA) is 82.7 Å². The number of anilines is 2. The summed E-state index contributed by atoms with van der Waals surface area (Å²) >= 11 is 0. The van der Waals surface area contributed by atoms with E-state index in [0.717, 1.165) is 12.1 Å². The quantitative estimate of drug-likeness (QED) is 0.489. The number of alkyl halides is 6. The molecule has 1 aromatic carbocycles. The van der Waals surface area contributed by atoms with Gasteiger partial charge in [-0.3, -0.25) is 0 Å². The molecule has 1 aliphatic heterocycles. The van der Waals surface area contributed by atoms with Gasteiger partial charge in [0.1, 0.15) is 16.8 Å². The van der Waals surface area contributed by atoms with Gasteiger partial charge >= 0.3 is 12.4 Å². The number of aliphatic hydroxyl groups is 1. The average Bonchev–Trinajstić information content (AvgIpc) is 2.78. The Kier molecular flexibility index (Phi) is 8.57. The molecule has 0 radical (unpaired) electrons. The first kappa shape index (κ1) is 27.4. The van der Waals surface area contributed by atoms with Gasteiger partial charge in [-0.25, -0.2) is 13.5 Å². The normalized spacial score (nSPS) is 16.3. The van der Waals surface area contributed by atoms with Crippen LogP contribution in [0.1, 0.15) is 12.5 Å². The molecule has 2 aromatic rings. The van der Waals surface area contributed by atoms with Crippen molar-refractivity contribution in [1.29, 1.82) is 0 Å². The van der Waals surface area contributed by atoms with Crippen molar-refractivity contribution in [2.75, 3.05) is 36.8 Å². The third-order valence-electron chi connectivity index (χ3n) is 4.90.